The molecule has 0 saturated heterocycles. The third-order valence-electron chi connectivity index (χ3n) is 3.16. The molecule has 0 bridgehead atoms. The van der Waals surface area contributed by atoms with Crippen LogP contribution in [-0.4, -0.2) is 49.0 Å². The van der Waals surface area contributed by atoms with E-state index in [1.54, 1.807) is 0 Å². The molecule has 1 heterocycles. The fourth-order valence-electron chi connectivity index (χ4n) is 2.07. The van der Waals surface area contributed by atoms with Crippen LogP contribution in [0.4, 0.5) is 5.69 Å². The molecule has 0 unspecified atom stereocenters. The summed E-state index contributed by atoms with van der Waals surface area (Å²) in [7, 11) is 6.27. The summed E-state index contributed by atoms with van der Waals surface area (Å²) in [5, 5.41) is 1.03. The van der Waals surface area contributed by atoms with Gasteiger partial charge in [-0.25, -0.2) is 0 Å². The summed E-state index contributed by atoms with van der Waals surface area (Å²) < 4.78 is 0. The van der Waals surface area contributed by atoms with Crippen molar-refractivity contribution in [3.05, 3.63) is 36.0 Å². The van der Waals surface area contributed by atoms with Crippen LogP contribution in [0.15, 0.2) is 30.3 Å². The molecule has 2 N–H and O–H groups in total. The first-order chi connectivity index (χ1) is 9.06. The molecule has 2 aromatic rings. The lowest BCUT2D eigenvalue weighted by Crippen LogP contribution is -2.28. The summed E-state index contributed by atoms with van der Waals surface area (Å²) in [4.78, 5) is 9.11. The quantitative estimate of drug-likeness (QED) is 0.888. The Kier molecular flexibility index (Phi) is 4.35. The lowest BCUT2D eigenvalue weighted by atomic mass is 10.1. The molecular weight excluding hydrogens is 236 g/mol. The van der Waals surface area contributed by atoms with E-state index in [-0.39, 0.29) is 0 Å². The van der Waals surface area contributed by atoms with E-state index >= 15 is 0 Å². The Morgan fingerprint density at radius 3 is 2.58 bits per heavy atom. The zero-order valence-electron chi connectivity index (χ0n) is 11.9. The van der Waals surface area contributed by atoms with Gasteiger partial charge in [0.05, 0.1) is 11.2 Å². The number of hydrogen-bond donors (Lipinski definition) is 1. The van der Waals surface area contributed by atoms with Crippen molar-refractivity contribution in [1.29, 1.82) is 0 Å². The predicted octanol–water partition coefficient (Wildman–Crippen LogP) is 1.81. The van der Waals surface area contributed by atoms with E-state index in [4.69, 9.17) is 5.73 Å². The van der Waals surface area contributed by atoms with Crippen LogP contribution in [0, 0.1) is 0 Å². The molecule has 0 radical (unpaired) electrons. The predicted molar refractivity (Wildman–Crippen MR) is 81.0 cm³/mol. The van der Waals surface area contributed by atoms with Crippen molar-refractivity contribution in [2.75, 3.05) is 40.0 Å². The highest BCUT2D eigenvalue weighted by Crippen LogP contribution is 2.20. The topological polar surface area (TPSA) is 45.4 Å². The first-order valence-electron chi connectivity index (χ1n) is 6.53. The van der Waals surface area contributed by atoms with Crippen LogP contribution in [0.2, 0.25) is 0 Å². The Morgan fingerprint density at radius 2 is 1.84 bits per heavy atom. The Labute approximate surface area is 114 Å². The normalized spacial score (nSPS) is 11.6. The minimum absolute atomic E-state index is 0.807. The Bertz CT molecular complexity index is 551. The lowest BCUT2D eigenvalue weighted by Gasteiger charge is -2.19. The van der Waals surface area contributed by atoms with Crippen molar-refractivity contribution in [3.63, 3.8) is 0 Å². The van der Waals surface area contributed by atoms with Gasteiger partial charge in [-0.05, 0) is 33.3 Å². The maximum absolute atomic E-state index is 6.09. The first kappa shape index (κ1) is 13.8. The van der Waals surface area contributed by atoms with Crippen LogP contribution >= 0.6 is 0 Å². The minimum atomic E-state index is 0.807. The number of aromatic nitrogens is 1. The van der Waals surface area contributed by atoms with Crippen molar-refractivity contribution in [2.45, 2.75) is 6.54 Å². The van der Waals surface area contributed by atoms with Gasteiger partial charge in [-0.15, -0.1) is 0 Å². The second kappa shape index (κ2) is 5.99. The maximum atomic E-state index is 6.09. The molecule has 0 fully saturated rings. The highest BCUT2D eigenvalue weighted by atomic mass is 15.2. The van der Waals surface area contributed by atoms with Crippen LogP contribution in [-0.2, 0) is 6.54 Å². The summed E-state index contributed by atoms with van der Waals surface area (Å²) in [5.74, 6) is 0. The SMILES string of the molecule is CN(C)CCN(C)Cc1cc(N)c2ccccc2n1. The molecule has 0 aliphatic carbocycles. The number of nitrogen functional groups attached to an aromatic ring is 1. The molecular formula is C15H22N4. The lowest BCUT2D eigenvalue weighted by molar-refractivity contribution is 0.274. The number of nitrogens with two attached hydrogens (primary N) is 1. The largest absolute Gasteiger partial charge is 0.398 e. The van der Waals surface area contributed by atoms with Crippen molar-refractivity contribution < 1.29 is 0 Å². The second-order valence-electron chi connectivity index (χ2n) is 5.26. The van der Waals surface area contributed by atoms with Crippen LogP contribution in [0.3, 0.4) is 0 Å². The van der Waals surface area contributed by atoms with Gasteiger partial charge in [0.25, 0.3) is 0 Å². The van der Waals surface area contributed by atoms with Crippen molar-refractivity contribution in [1.82, 2.24) is 14.8 Å². The van der Waals surface area contributed by atoms with Crippen molar-refractivity contribution in [2.24, 2.45) is 0 Å². The summed E-state index contributed by atoms with van der Waals surface area (Å²) >= 11 is 0. The van der Waals surface area contributed by atoms with Crippen LogP contribution in [0.5, 0.6) is 0 Å². The second-order valence-corrected chi connectivity index (χ2v) is 5.26. The molecule has 4 heteroatoms. The molecule has 0 aliphatic heterocycles. The fourth-order valence-corrected chi connectivity index (χ4v) is 2.07. The van der Waals surface area contributed by atoms with Gasteiger partial charge in [0, 0.05) is 30.7 Å². The molecule has 0 aliphatic rings. The number of rotatable bonds is 5. The number of nitrogens with zero attached hydrogens (tertiary/aromatic N) is 3. The molecule has 1 aromatic heterocycles. The fraction of sp³-hybridized carbons (Fsp3) is 0.400. The average Bonchev–Trinajstić information content (AvgIpc) is 2.36. The third-order valence-corrected chi connectivity index (χ3v) is 3.16. The van der Waals surface area contributed by atoms with E-state index < -0.39 is 0 Å². The van der Waals surface area contributed by atoms with Gasteiger partial charge >= 0.3 is 0 Å². The number of para-hydroxylation sites is 1. The monoisotopic (exact) mass is 258 g/mol. The Hall–Kier alpha value is -1.65. The maximum Gasteiger partial charge on any atom is 0.0726 e. The van der Waals surface area contributed by atoms with Gasteiger partial charge in [0.1, 0.15) is 0 Å². The van der Waals surface area contributed by atoms with Crippen LogP contribution < -0.4 is 5.73 Å². The van der Waals surface area contributed by atoms with Gasteiger partial charge in [0.2, 0.25) is 0 Å². The van der Waals surface area contributed by atoms with Crippen LogP contribution in [0.25, 0.3) is 10.9 Å². The highest BCUT2D eigenvalue weighted by Gasteiger charge is 2.06. The van der Waals surface area contributed by atoms with E-state index in [1.165, 1.54) is 0 Å². The Morgan fingerprint density at radius 1 is 1.11 bits per heavy atom. The smallest absolute Gasteiger partial charge is 0.0726 e. The minimum Gasteiger partial charge on any atom is -0.398 e. The van der Waals surface area contributed by atoms with Crippen molar-refractivity contribution >= 4 is 16.6 Å². The molecule has 0 saturated carbocycles. The highest BCUT2D eigenvalue weighted by molar-refractivity contribution is 5.90. The van der Waals surface area contributed by atoms with Gasteiger partial charge in [0.15, 0.2) is 0 Å². The van der Waals surface area contributed by atoms with E-state index in [9.17, 15) is 0 Å². The summed E-state index contributed by atoms with van der Waals surface area (Å²) in [5.41, 5.74) is 8.89. The summed E-state index contributed by atoms with van der Waals surface area (Å²) in [6.45, 7) is 2.88. The standard InChI is InChI=1S/C15H22N4/c1-18(2)8-9-19(3)11-12-10-14(16)13-6-4-5-7-15(13)17-12/h4-7,10H,8-9,11H2,1-3H3,(H2,16,17). The number of pyridine rings is 1. The van der Waals surface area contributed by atoms with E-state index in [0.29, 0.717) is 0 Å². The number of benzene rings is 1. The third kappa shape index (κ3) is 3.66. The van der Waals surface area contributed by atoms with Gasteiger partial charge in [-0.1, -0.05) is 18.2 Å². The molecule has 102 valence electrons. The zero-order valence-corrected chi connectivity index (χ0v) is 11.9. The molecule has 2 rings (SSSR count). The van der Waals surface area contributed by atoms with E-state index in [0.717, 1.165) is 41.9 Å². The van der Waals surface area contributed by atoms with E-state index in [1.807, 2.05) is 30.3 Å². The number of hydrogen-bond acceptors (Lipinski definition) is 4. The number of likely N-dealkylation sites (N-methyl/N-ethyl adjacent to an activating group) is 2. The zero-order chi connectivity index (χ0) is 13.8. The first-order valence-corrected chi connectivity index (χ1v) is 6.53. The molecule has 0 spiro atoms. The molecule has 1 aromatic carbocycles. The molecule has 0 atom stereocenters. The van der Waals surface area contributed by atoms with Gasteiger partial charge < -0.3 is 10.6 Å². The number of anilines is 1. The molecule has 4 nitrogen and oxygen atoms in total. The molecule has 19 heavy (non-hydrogen) atoms. The van der Waals surface area contributed by atoms with Crippen LogP contribution in [0.1, 0.15) is 5.69 Å². The Balaban J connectivity index is 2.12. The summed E-state index contributed by atoms with van der Waals surface area (Å²) in [6, 6.07) is 9.98. The molecule has 0 amide bonds. The van der Waals surface area contributed by atoms with E-state index in [2.05, 4.69) is 35.9 Å². The summed E-state index contributed by atoms with van der Waals surface area (Å²) in [6.07, 6.45) is 0. The average molecular weight is 258 g/mol. The van der Waals surface area contributed by atoms with Gasteiger partial charge in [-0.2, -0.15) is 0 Å². The number of fused-ring (bicyclic) bond motifs is 1. The van der Waals surface area contributed by atoms with Crippen molar-refractivity contribution in [3.8, 4) is 0 Å². The van der Waals surface area contributed by atoms with Gasteiger partial charge in [-0.3, -0.25) is 9.88 Å².